The van der Waals surface area contributed by atoms with E-state index in [0.717, 1.165) is 17.0 Å². The van der Waals surface area contributed by atoms with Crippen LogP contribution in [0.15, 0.2) is 28.7 Å². The molecule has 0 N–H and O–H groups in total. The Hall–Kier alpha value is -1.33. The minimum atomic E-state index is -0.298. The van der Waals surface area contributed by atoms with Gasteiger partial charge in [0.25, 0.3) is 0 Å². The molecule has 1 aromatic heterocycles. The van der Waals surface area contributed by atoms with Crippen molar-refractivity contribution in [2.75, 3.05) is 0 Å². The Morgan fingerprint density at radius 2 is 1.71 bits per heavy atom. The highest BCUT2D eigenvalue weighted by Gasteiger charge is 2.52. The van der Waals surface area contributed by atoms with Gasteiger partial charge in [-0.15, -0.1) is 0 Å². The second-order valence-electron chi connectivity index (χ2n) is 6.88. The summed E-state index contributed by atoms with van der Waals surface area (Å²) in [6.45, 7) is 10.4. The van der Waals surface area contributed by atoms with Gasteiger partial charge in [0, 0.05) is 6.42 Å². The van der Waals surface area contributed by atoms with Crippen LogP contribution in [0.5, 0.6) is 0 Å². The van der Waals surface area contributed by atoms with Crippen LogP contribution in [0.4, 0.5) is 0 Å². The molecule has 1 saturated heterocycles. The fourth-order valence-corrected chi connectivity index (χ4v) is 2.50. The van der Waals surface area contributed by atoms with Crippen LogP contribution in [0.1, 0.15) is 40.5 Å². The zero-order valence-electron chi connectivity index (χ0n) is 13.3. The van der Waals surface area contributed by atoms with Crippen molar-refractivity contribution in [2.24, 2.45) is 0 Å². The molecule has 1 atom stereocenters. The molecule has 0 saturated carbocycles. The number of aromatic nitrogens is 1. The van der Waals surface area contributed by atoms with E-state index >= 15 is 0 Å². The Labute approximate surface area is 126 Å². The third-order valence-corrected chi connectivity index (χ3v) is 4.57. The predicted molar refractivity (Wildman–Crippen MR) is 83.2 cm³/mol. The van der Waals surface area contributed by atoms with E-state index in [4.69, 9.17) is 13.7 Å². The lowest BCUT2D eigenvalue weighted by molar-refractivity contribution is 0.00578. The SMILES string of the molecule is CC(Cc1nc2ccccc2o1)B1OC(C)(C)C(C)(C)O1. The van der Waals surface area contributed by atoms with Crippen molar-refractivity contribution in [1.82, 2.24) is 4.98 Å². The molecule has 1 aliphatic rings. The van der Waals surface area contributed by atoms with Gasteiger partial charge in [-0.25, -0.2) is 4.98 Å². The maximum atomic E-state index is 6.08. The Morgan fingerprint density at radius 1 is 1.10 bits per heavy atom. The van der Waals surface area contributed by atoms with Gasteiger partial charge in [-0.3, -0.25) is 0 Å². The smallest absolute Gasteiger partial charge is 0.441 e. The number of para-hydroxylation sites is 2. The number of hydrogen-bond donors (Lipinski definition) is 0. The highest BCUT2D eigenvalue weighted by molar-refractivity contribution is 6.47. The number of hydrogen-bond acceptors (Lipinski definition) is 4. The summed E-state index contributed by atoms with van der Waals surface area (Å²) in [4.78, 5) is 4.52. The molecule has 1 unspecified atom stereocenters. The minimum absolute atomic E-state index is 0.180. The van der Waals surface area contributed by atoms with E-state index in [-0.39, 0.29) is 24.1 Å². The standard InChI is InChI=1S/C16H22BNO3/c1-11(17-20-15(2,3)16(4,5)21-17)10-14-18-12-8-6-7-9-13(12)19-14/h6-9,11H,10H2,1-5H3. The first-order valence-electron chi connectivity index (χ1n) is 7.48. The first-order valence-corrected chi connectivity index (χ1v) is 7.48. The molecule has 1 fully saturated rings. The minimum Gasteiger partial charge on any atom is -0.441 e. The summed E-state index contributed by atoms with van der Waals surface area (Å²) in [5, 5.41) is 0. The molecule has 21 heavy (non-hydrogen) atoms. The van der Waals surface area contributed by atoms with Gasteiger partial charge in [0.1, 0.15) is 5.52 Å². The normalized spacial score (nSPS) is 21.9. The fraction of sp³-hybridized carbons (Fsp3) is 0.562. The van der Waals surface area contributed by atoms with Gasteiger partial charge in [0.2, 0.25) is 0 Å². The van der Waals surface area contributed by atoms with E-state index in [0.29, 0.717) is 6.42 Å². The average molecular weight is 287 g/mol. The second-order valence-corrected chi connectivity index (χ2v) is 6.88. The lowest BCUT2D eigenvalue weighted by atomic mass is 9.71. The van der Waals surface area contributed by atoms with Crippen LogP contribution in [0.2, 0.25) is 5.82 Å². The Kier molecular flexibility index (Phi) is 3.37. The van der Waals surface area contributed by atoms with Crippen LogP contribution in [-0.4, -0.2) is 23.3 Å². The number of oxazole rings is 1. The molecule has 1 aliphatic heterocycles. The van der Waals surface area contributed by atoms with Crippen molar-refractivity contribution in [3.8, 4) is 0 Å². The number of fused-ring (bicyclic) bond motifs is 1. The summed E-state index contributed by atoms with van der Waals surface area (Å²) in [5.74, 6) is 0.914. The Morgan fingerprint density at radius 3 is 2.33 bits per heavy atom. The topological polar surface area (TPSA) is 44.5 Å². The van der Waals surface area contributed by atoms with Crippen LogP contribution >= 0.6 is 0 Å². The van der Waals surface area contributed by atoms with E-state index in [1.165, 1.54) is 0 Å². The lowest BCUT2D eigenvalue weighted by Gasteiger charge is -2.32. The van der Waals surface area contributed by atoms with E-state index < -0.39 is 0 Å². The molecule has 2 aromatic rings. The summed E-state index contributed by atoms with van der Waals surface area (Å²) >= 11 is 0. The highest BCUT2D eigenvalue weighted by atomic mass is 16.7. The first kappa shape index (κ1) is 14.6. The molecule has 1 aromatic carbocycles. The molecular weight excluding hydrogens is 265 g/mol. The van der Waals surface area contributed by atoms with Gasteiger partial charge < -0.3 is 13.7 Å². The summed E-state index contributed by atoms with van der Waals surface area (Å²) < 4.78 is 17.9. The fourth-order valence-electron chi connectivity index (χ4n) is 2.50. The quantitative estimate of drug-likeness (QED) is 0.804. The molecule has 112 valence electrons. The number of nitrogens with zero attached hydrogens (tertiary/aromatic N) is 1. The first-order chi connectivity index (χ1) is 9.78. The van der Waals surface area contributed by atoms with Gasteiger partial charge in [0.15, 0.2) is 11.5 Å². The van der Waals surface area contributed by atoms with Crippen LogP contribution in [0.25, 0.3) is 11.1 Å². The van der Waals surface area contributed by atoms with Crippen molar-refractivity contribution < 1.29 is 13.7 Å². The van der Waals surface area contributed by atoms with Crippen LogP contribution in [0.3, 0.4) is 0 Å². The molecule has 0 bridgehead atoms. The van der Waals surface area contributed by atoms with Gasteiger partial charge in [0.05, 0.1) is 11.2 Å². The highest BCUT2D eigenvalue weighted by Crippen LogP contribution is 2.40. The third-order valence-electron chi connectivity index (χ3n) is 4.57. The van der Waals surface area contributed by atoms with Gasteiger partial charge in [-0.05, 0) is 45.6 Å². The van der Waals surface area contributed by atoms with Crippen molar-refractivity contribution in [1.29, 1.82) is 0 Å². The third kappa shape index (κ3) is 2.60. The molecule has 0 amide bonds. The largest absolute Gasteiger partial charge is 0.461 e. The lowest BCUT2D eigenvalue weighted by Crippen LogP contribution is -2.41. The summed E-state index contributed by atoms with van der Waals surface area (Å²) in [6.07, 6.45) is 0.700. The molecule has 3 rings (SSSR count). The average Bonchev–Trinajstić information content (AvgIpc) is 2.87. The van der Waals surface area contributed by atoms with Crippen molar-refractivity contribution in [3.63, 3.8) is 0 Å². The van der Waals surface area contributed by atoms with E-state index in [1.54, 1.807) is 0 Å². The molecule has 2 heterocycles. The second kappa shape index (κ2) is 4.85. The molecule has 0 spiro atoms. The van der Waals surface area contributed by atoms with Gasteiger partial charge in [-0.2, -0.15) is 0 Å². The molecule has 0 radical (unpaired) electrons. The van der Waals surface area contributed by atoms with Gasteiger partial charge in [-0.1, -0.05) is 19.1 Å². The van der Waals surface area contributed by atoms with Crippen molar-refractivity contribution in [2.45, 2.75) is 58.1 Å². The zero-order chi connectivity index (χ0) is 15.3. The zero-order valence-corrected chi connectivity index (χ0v) is 13.3. The molecule has 0 aliphatic carbocycles. The molecule has 5 heteroatoms. The van der Waals surface area contributed by atoms with Crippen LogP contribution < -0.4 is 0 Å². The van der Waals surface area contributed by atoms with Crippen molar-refractivity contribution >= 4 is 18.2 Å². The number of rotatable bonds is 3. The van der Waals surface area contributed by atoms with Crippen molar-refractivity contribution in [3.05, 3.63) is 30.2 Å². The monoisotopic (exact) mass is 287 g/mol. The van der Waals surface area contributed by atoms with E-state index in [1.807, 2.05) is 24.3 Å². The van der Waals surface area contributed by atoms with Gasteiger partial charge >= 0.3 is 7.12 Å². The van der Waals surface area contributed by atoms with Crippen LogP contribution in [-0.2, 0) is 15.7 Å². The molecular formula is C16H22BNO3. The maximum absolute atomic E-state index is 6.08. The van der Waals surface area contributed by atoms with Crippen LogP contribution in [0, 0.1) is 0 Å². The van der Waals surface area contributed by atoms with E-state index in [2.05, 4.69) is 39.6 Å². The Balaban J connectivity index is 1.73. The molecule has 4 nitrogen and oxygen atoms in total. The predicted octanol–water partition coefficient (Wildman–Crippen LogP) is 3.85. The maximum Gasteiger partial charge on any atom is 0.461 e. The van der Waals surface area contributed by atoms with E-state index in [9.17, 15) is 0 Å². The summed E-state index contributed by atoms with van der Waals surface area (Å²) in [6, 6.07) is 7.81. The summed E-state index contributed by atoms with van der Waals surface area (Å²) in [5.41, 5.74) is 1.13. The number of benzene rings is 1. The summed E-state index contributed by atoms with van der Waals surface area (Å²) in [7, 11) is -0.231. The Bertz CT molecular complexity index is 601.